The molecule has 0 aromatic heterocycles. The van der Waals surface area contributed by atoms with Crippen molar-refractivity contribution in [2.75, 3.05) is 0 Å². The molecule has 17 heavy (non-hydrogen) atoms. The quantitative estimate of drug-likeness (QED) is 0.568. The van der Waals surface area contributed by atoms with Gasteiger partial charge in [-0.1, -0.05) is 17.7 Å². The molecule has 2 atom stereocenters. The molecule has 0 radical (unpaired) electrons. The van der Waals surface area contributed by atoms with Gasteiger partial charge < -0.3 is 21.1 Å². The van der Waals surface area contributed by atoms with E-state index in [0.717, 1.165) is 0 Å². The summed E-state index contributed by atoms with van der Waals surface area (Å²) in [5.41, 5.74) is 5.32. The zero-order valence-corrected chi connectivity index (χ0v) is 9.12. The molecule has 5 N–H and O–H groups in total. The average Bonchev–Trinajstić information content (AvgIpc) is 2.26. The second-order valence-electron chi connectivity index (χ2n) is 3.69. The Bertz CT molecular complexity index is 457. The van der Waals surface area contributed by atoms with Crippen LogP contribution >= 0.6 is 0 Å². The first kappa shape index (κ1) is 13.1. The number of carboxylic acid groups (broad SMARTS) is 1. The summed E-state index contributed by atoms with van der Waals surface area (Å²) in [6.45, 7) is 1.69. The van der Waals surface area contributed by atoms with Gasteiger partial charge in [0, 0.05) is 0 Å². The van der Waals surface area contributed by atoms with Crippen LogP contribution in [0.25, 0.3) is 0 Å². The molecule has 0 heterocycles. The minimum Gasteiger partial charge on any atom is -0.478 e. The zero-order valence-electron chi connectivity index (χ0n) is 9.12. The first-order valence-corrected chi connectivity index (χ1v) is 4.84. The van der Waals surface area contributed by atoms with Crippen LogP contribution in [0.4, 0.5) is 0 Å². The molecule has 0 fully saturated rings. The molecule has 0 saturated heterocycles. The number of rotatable bonds is 4. The monoisotopic (exact) mass is 239 g/mol. The summed E-state index contributed by atoms with van der Waals surface area (Å²) in [5, 5.41) is 27.9. The number of carboxylic acids is 1. The lowest BCUT2D eigenvalue weighted by Crippen LogP contribution is -2.34. The van der Waals surface area contributed by atoms with E-state index in [1.165, 1.54) is 12.1 Å². The predicted molar refractivity (Wildman–Crippen MR) is 58.3 cm³/mol. The zero-order chi connectivity index (χ0) is 13.2. The number of amides is 1. The molecule has 0 aliphatic rings. The van der Waals surface area contributed by atoms with Crippen molar-refractivity contribution in [2.24, 2.45) is 5.73 Å². The number of hydrogen-bond donors (Lipinski definition) is 4. The highest BCUT2D eigenvalue weighted by Gasteiger charge is 2.27. The largest absolute Gasteiger partial charge is 0.478 e. The van der Waals surface area contributed by atoms with Crippen molar-refractivity contribution >= 4 is 11.9 Å². The van der Waals surface area contributed by atoms with Gasteiger partial charge in [0.15, 0.2) is 6.10 Å². The molecule has 2 unspecified atom stereocenters. The number of hydrogen-bond acceptors (Lipinski definition) is 4. The molecule has 0 spiro atoms. The minimum atomic E-state index is -1.84. The van der Waals surface area contributed by atoms with Crippen LogP contribution in [-0.4, -0.2) is 33.3 Å². The summed E-state index contributed by atoms with van der Waals surface area (Å²) in [5.74, 6) is -2.37. The van der Waals surface area contributed by atoms with Crippen molar-refractivity contribution in [3.8, 4) is 0 Å². The molecule has 6 nitrogen and oxygen atoms in total. The normalized spacial score (nSPS) is 14.1. The number of aryl methyl sites for hydroxylation is 1. The molecule has 92 valence electrons. The van der Waals surface area contributed by atoms with E-state index in [1.54, 1.807) is 13.0 Å². The SMILES string of the molecule is Cc1ccc(C(=O)O)c(C(O)C(O)C(N)=O)c1. The lowest BCUT2D eigenvalue weighted by molar-refractivity contribution is -0.132. The van der Waals surface area contributed by atoms with Gasteiger partial charge in [-0.2, -0.15) is 0 Å². The van der Waals surface area contributed by atoms with E-state index in [9.17, 15) is 19.8 Å². The third kappa shape index (κ3) is 2.80. The standard InChI is InChI=1S/C11H13NO5/c1-5-2-3-6(11(16)17)7(4-5)8(13)9(14)10(12)15/h2-4,8-9,13-14H,1H3,(H2,12,15)(H,16,17). The number of aliphatic hydroxyl groups is 2. The van der Waals surface area contributed by atoms with Gasteiger partial charge >= 0.3 is 5.97 Å². The minimum absolute atomic E-state index is 0.0381. The van der Waals surface area contributed by atoms with Crippen molar-refractivity contribution in [1.29, 1.82) is 0 Å². The highest BCUT2D eigenvalue weighted by Crippen LogP contribution is 2.22. The van der Waals surface area contributed by atoms with E-state index in [1.807, 2.05) is 0 Å². The molecule has 1 aromatic rings. The number of aliphatic hydroxyl groups excluding tert-OH is 2. The molecule has 1 rings (SSSR count). The molecule has 1 amide bonds. The molecule has 1 aromatic carbocycles. The Morgan fingerprint density at radius 1 is 1.29 bits per heavy atom. The fourth-order valence-electron chi connectivity index (χ4n) is 1.45. The van der Waals surface area contributed by atoms with Gasteiger partial charge in [0.05, 0.1) is 5.56 Å². The molecule has 6 heteroatoms. The highest BCUT2D eigenvalue weighted by molar-refractivity contribution is 5.90. The molecule has 0 aliphatic heterocycles. The summed E-state index contributed by atoms with van der Waals surface area (Å²) in [7, 11) is 0. The number of nitrogens with two attached hydrogens (primary N) is 1. The van der Waals surface area contributed by atoms with Crippen LogP contribution in [0, 0.1) is 6.92 Å². The first-order chi connectivity index (χ1) is 7.84. The second-order valence-corrected chi connectivity index (χ2v) is 3.69. The van der Waals surface area contributed by atoms with Crippen molar-refractivity contribution in [1.82, 2.24) is 0 Å². The Morgan fingerprint density at radius 2 is 1.88 bits per heavy atom. The lowest BCUT2D eigenvalue weighted by atomic mass is 9.96. The maximum absolute atomic E-state index is 10.9. The van der Waals surface area contributed by atoms with Gasteiger partial charge in [-0.25, -0.2) is 4.79 Å². The fraction of sp³-hybridized carbons (Fsp3) is 0.273. The van der Waals surface area contributed by atoms with E-state index in [2.05, 4.69) is 0 Å². The highest BCUT2D eigenvalue weighted by atomic mass is 16.4. The van der Waals surface area contributed by atoms with Gasteiger partial charge in [0.25, 0.3) is 0 Å². The van der Waals surface area contributed by atoms with Gasteiger partial charge in [0.2, 0.25) is 5.91 Å². The van der Waals surface area contributed by atoms with E-state index in [-0.39, 0.29) is 11.1 Å². The van der Waals surface area contributed by atoms with E-state index in [4.69, 9.17) is 10.8 Å². The van der Waals surface area contributed by atoms with Crippen LogP contribution in [0.3, 0.4) is 0 Å². The van der Waals surface area contributed by atoms with E-state index >= 15 is 0 Å². The Kier molecular flexibility index (Phi) is 3.82. The van der Waals surface area contributed by atoms with Gasteiger partial charge in [0.1, 0.15) is 6.10 Å². The lowest BCUT2D eigenvalue weighted by Gasteiger charge is -2.17. The molecular formula is C11H13NO5. The van der Waals surface area contributed by atoms with Gasteiger partial charge in [-0.05, 0) is 18.6 Å². The topological polar surface area (TPSA) is 121 Å². The van der Waals surface area contributed by atoms with Crippen LogP contribution in [0.2, 0.25) is 0 Å². The molecular weight excluding hydrogens is 226 g/mol. The fourth-order valence-corrected chi connectivity index (χ4v) is 1.45. The first-order valence-electron chi connectivity index (χ1n) is 4.84. The Labute approximate surface area is 97.3 Å². The summed E-state index contributed by atoms with van der Waals surface area (Å²) < 4.78 is 0. The Morgan fingerprint density at radius 3 is 2.35 bits per heavy atom. The van der Waals surface area contributed by atoms with E-state index in [0.29, 0.717) is 5.56 Å². The number of aromatic carboxylic acids is 1. The Hall–Kier alpha value is -1.92. The van der Waals surface area contributed by atoms with Gasteiger partial charge in [-0.15, -0.1) is 0 Å². The second kappa shape index (κ2) is 4.94. The summed E-state index contributed by atoms with van der Waals surface area (Å²) in [6, 6.07) is 4.24. The predicted octanol–water partition coefficient (Wildman–Crippen LogP) is -0.427. The summed E-state index contributed by atoms with van der Waals surface area (Å²) in [4.78, 5) is 21.7. The van der Waals surface area contributed by atoms with Crippen molar-refractivity contribution in [3.05, 3.63) is 34.9 Å². The van der Waals surface area contributed by atoms with Crippen LogP contribution in [0.1, 0.15) is 27.6 Å². The van der Waals surface area contributed by atoms with Crippen LogP contribution in [0.15, 0.2) is 18.2 Å². The van der Waals surface area contributed by atoms with Crippen molar-refractivity contribution < 1.29 is 24.9 Å². The number of carbonyl (C=O) groups is 2. The van der Waals surface area contributed by atoms with Crippen molar-refractivity contribution in [3.63, 3.8) is 0 Å². The third-order valence-electron chi connectivity index (χ3n) is 2.35. The van der Waals surface area contributed by atoms with E-state index < -0.39 is 24.1 Å². The summed E-state index contributed by atoms with van der Waals surface area (Å²) in [6.07, 6.45) is -3.49. The van der Waals surface area contributed by atoms with Crippen LogP contribution in [-0.2, 0) is 4.79 Å². The number of primary amides is 1. The molecule has 0 aliphatic carbocycles. The third-order valence-corrected chi connectivity index (χ3v) is 2.35. The number of benzene rings is 1. The van der Waals surface area contributed by atoms with Crippen molar-refractivity contribution in [2.45, 2.75) is 19.1 Å². The Balaban J connectivity index is 3.23. The molecule has 0 bridgehead atoms. The molecule has 0 saturated carbocycles. The van der Waals surface area contributed by atoms with Gasteiger partial charge in [-0.3, -0.25) is 4.79 Å². The average molecular weight is 239 g/mol. The summed E-state index contributed by atoms with van der Waals surface area (Å²) >= 11 is 0. The van der Waals surface area contributed by atoms with Crippen LogP contribution < -0.4 is 5.73 Å². The maximum atomic E-state index is 10.9. The smallest absolute Gasteiger partial charge is 0.336 e. The number of carbonyl (C=O) groups excluding carboxylic acids is 1. The van der Waals surface area contributed by atoms with Crippen LogP contribution in [0.5, 0.6) is 0 Å². The maximum Gasteiger partial charge on any atom is 0.336 e.